The number of rotatable bonds is 7. The zero-order valence-corrected chi connectivity index (χ0v) is 19.2. The van der Waals surface area contributed by atoms with Crippen molar-refractivity contribution in [3.8, 4) is 0 Å². The van der Waals surface area contributed by atoms with E-state index < -0.39 is 0 Å². The van der Waals surface area contributed by atoms with Gasteiger partial charge < -0.3 is 16.0 Å². The highest BCUT2D eigenvalue weighted by atomic mass is 127. The van der Waals surface area contributed by atoms with Gasteiger partial charge in [0.15, 0.2) is 5.96 Å². The number of piperazine rings is 3. The Morgan fingerprint density at radius 2 is 2.00 bits per heavy atom. The first-order valence-electron chi connectivity index (χ1n) is 9.99. The van der Waals surface area contributed by atoms with Crippen molar-refractivity contribution in [3.05, 3.63) is 35.4 Å². The van der Waals surface area contributed by atoms with Crippen LogP contribution in [0.2, 0.25) is 0 Å². The summed E-state index contributed by atoms with van der Waals surface area (Å²) >= 11 is 0. The minimum Gasteiger partial charge on any atom is -0.357 e. The van der Waals surface area contributed by atoms with Crippen LogP contribution in [0.25, 0.3) is 0 Å². The highest BCUT2D eigenvalue weighted by molar-refractivity contribution is 14.0. The van der Waals surface area contributed by atoms with E-state index in [1.54, 1.807) is 7.05 Å². The lowest BCUT2D eigenvalue weighted by atomic mass is 10.1. The average molecular weight is 500 g/mol. The van der Waals surface area contributed by atoms with Crippen LogP contribution >= 0.6 is 24.0 Å². The van der Waals surface area contributed by atoms with Crippen LogP contribution in [-0.2, 0) is 6.42 Å². The molecule has 1 unspecified atom stereocenters. The summed E-state index contributed by atoms with van der Waals surface area (Å²) in [6.45, 7) is 10.4. The summed E-state index contributed by atoms with van der Waals surface area (Å²) < 4.78 is 0. The zero-order chi connectivity index (χ0) is 19.1. The molecule has 3 aliphatic heterocycles. The molecule has 3 heterocycles. The summed E-state index contributed by atoms with van der Waals surface area (Å²) in [4.78, 5) is 21.7. The number of hydrogen-bond donors (Lipinski definition) is 3. The van der Waals surface area contributed by atoms with Crippen LogP contribution in [0.1, 0.15) is 22.8 Å². The molecule has 7 nitrogen and oxygen atoms in total. The molecule has 156 valence electrons. The second-order valence-electron chi connectivity index (χ2n) is 7.17. The molecule has 0 aliphatic carbocycles. The molecule has 1 aromatic carbocycles. The molecule has 0 aromatic heterocycles. The maximum Gasteiger partial charge on any atom is 0.251 e. The summed E-state index contributed by atoms with van der Waals surface area (Å²) in [5.74, 6) is 0.824. The lowest BCUT2D eigenvalue weighted by Crippen LogP contribution is -2.62. The highest BCUT2D eigenvalue weighted by Gasteiger charge is 2.31. The van der Waals surface area contributed by atoms with E-state index in [0.717, 1.165) is 44.1 Å². The molecule has 8 heteroatoms. The van der Waals surface area contributed by atoms with E-state index in [0.29, 0.717) is 11.6 Å². The normalized spacial score (nSPS) is 23.6. The Morgan fingerprint density at radius 3 is 2.64 bits per heavy atom. The molecular weight excluding hydrogens is 467 g/mol. The Balaban J connectivity index is 0.00000280. The Kier molecular flexibility index (Phi) is 9.46. The Morgan fingerprint density at radius 1 is 1.21 bits per heavy atom. The number of carbonyl (C=O) groups excluding carboxylic acids is 1. The number of guanidine groups is 1. The van der Waals surface area contributed by atoms with Crippen LogP contribution in [0.3, 0.4) is 0 Å². The SMILES string of the molecule is CCNC(=NCC1CN2CCN1CC2)NCCc1cccc(C(=O)NC)c1.I. The Hall–Kier alpha value is -1.39. The minimum absolute atomic E-state index is 0. The van der Waals surface area contributed by atoms with Gasteiger partial charge in [0.05, 0.1) is 6.54 Å². The maximum atomic E-state index is 11.8. The minimum atomic E-state index is -0.0489. The molecule has 0 spiro atoms. The number of amides is 1. The third-order valence-corrected chi connectivity index (χ3v) is 5.32. The molecule has 0 radical (unpaired) electrons. The average Bonchev–Trinajstić information content (AvgIpc) is 2.72. The quantitative estimate of drug-likeness (QED) is 0.293. The smallest absolute Gasteiger partial charge is 0.251 e. The molecular formula is C20H33IN6O. The number of hydrogen-bond acceptors (Lipinski definition) is 4. The van der Waals surface area contributed by atoms with E-state index in [-0.39, 0.29) is 29.9 Å². The number of nitrogens with zero attached hydrogens (tertiary/aromatic N) is 3. The van der Waals surface area contributed by atoms with Crippen LogP contribution < -0.4 is 16.0 Å². The molecule has 1 atom stereocenters. The largest absolute Gasteiger partial charge is 0.357 e. The van der Waals surface area contributed by atoms with Crippen LogP contribution in [0.4, 0.5) is 0 Å². The van der Waals surface area contributed by atoms with Gasteiger partial charge in [-0.05, 0) is 31.0 Å². The third kappa shape index (κ3) is 6.31. The first kappa shape index (κ1) is 22.9. The van der Waals surface area contributed by atoms with Gasteiger partial charge in [0, 0.05) is 64.5 Å². The monoisotopic (exact) mass is 500 g/mol. The lowest BCUT2D eigenvalue weighted by Gasteiger charge is -2.47. The molecule has 2 bridgehead atoms. The summed E-state index contributed by atoms with van der Waals surface area (Å²) in [6.07, 6.45) is 0.846. The van der Waals surface area contributed by atoms with Crippen molar-refractivity contribution < 1.29 is 4.79 Å². The second-order valence-corrected chi connectivity index (χ2v) is 7.17. The van der Waals surface area contributed by atoms with E-state index in [4.69, 9.17) is 4.99 Å². The molecule has 3 saturated heterocycles. The van der Waals surface area contributed by atoms with Gasteiger partial charge in [-0.2, -0.15) is 0 Å². The van der Waals surface area contributed by atoms with E-state index >= 15 is 0 Å². The van der Waals surface area contributed by atoms with E-state index in [9.17, 15) is 4.79 Å². The predicted octanol–water partition coefficient (Wildman–Crippen LogP) is 0.762. The molecule has 3 aliphatic rings. The van der Waals surface area contributed by atoms with Gasteiger partial charge >= 0.3 is 0 Å². The first-order chi connectivity index (χ1) is 13.2. The summed E-state index contributed by atoms with van der Waals surface area (Å²) in [6, 6.07) is 8.31. The molecule has 3 fully saturated rings. The van der Waals surface area contributed by atoms with Gasteiger partial charge in [0.25, 0.3) is 5.91 Å². The van der Waals surface area contributed by atoms with Crippen LogP contribution in [0.15, 0.2) is 29.3 Å². The fraction of sp³-hybridized carbons (Fsp3) is 0.600. The number of nitrogens with one attached hydrogen (secondary N) is 3. The lowest BCUT2D eigenvalue weighted by molar-refractivity contribution is 0.0174. The van der Waals surface area contributed by atoms with E-state index in [2.05, 4.69) is 38.7 Å². The number of carbonyl (C=O) groups is 1. The van der Waals surface area contributed by atoms with Crippen LogP contribution in [0.5, 0.6) is 0 Å². The number of halogens is 1. The highest BCUT2D eigenvalue weighted by Crippen LogP contribution is 2.15. The van der Waals surface area contributed by atoms with Crippen molar-refractivity contribution in [1.82, 2.24) is 25.8 Å². The third-order valence-electron chi connectivity index (χ3n) is 5.32. The molecule has 0 saturated carbocycles. The molecule has 28 heavy (non-hydrogen) atoms. The summed E-state index contributed by atoms with van der Waals surface area (Å²) in [7, 11) is 1.65. The van der Waals surface area contributed by atoms with Crippen molar-refractivity contribution in [3.63, 3.8) is 0 Å². The summed E-state index contributed by atoms with van der Waals surface area (Å²) in [5, 5.41) is 9.42. The maximum absolute atomic E-state index is 11.8. The van der Waals surface area contributed by atoms with Crippen molar-refractivity contribution >= 4 is 35.8 Å². The molecule has 1 amide bonds. The fourth-order valence-electron chi connectivity index (χ4n) is 3.77. The summed E-state index contributed by atoms with van der Waals surface area (Å²) in [5.41, 5.74) is 1.84. The fourth-order valence-corrected chi connectivity index (χ4v) is 3.77. The standard InChI is InChI=1S/C20H32N6O.HI/c1-3-22-20(24-14-18-15-25-9-11-26(18)12-10-25)23-8-7-16-5-4-6-17(13-16)19(27)21-2;/h4-6,13,18H,3,7-12,14-15H2,1-2H3,(H,21,27)(H2,22,23,24);1H. The zero-order valence-electron chi connectivity index (χ0n) is 16.9. The van der Waals surface area contributed by atoms with Crippen molar-refractivity contribution in [2.45, 2.75) is 19.4 Å². The number of benzene rings is 1. The van der Waals surface area contributed by atoms with Crippen molar-refractivity contribution in [2.75, 3.05) is 59.4 Å². The van der Waals surface area contributed by atoms with E-state index in [1.165, 1.54) is 26.2 Å². The number of fused-ring (bicyclic) bond motifs is 3. The van der Waals surface area contributed by atoms with Gasteiger partial charge in [0.1, 0.15) is 0 Å². The Bertz CT molecular complexity index is 660. The van der Waals surface area contributed by atoms with Crippen LogP contribution in [0, 0.1) is 0 Å². The van der Waals surface area contributed by atoms with Gasteiger partial charge in [-0.1, -0.05) is 12.1 Å². The Labute approximate surface area is 185 Å². The molecule has 3 N–H and O–H groups in total. The van der Waals surface area contributed by atoms with E-state index in [1.807, 2.05) is 18.2 Å². The van der Waals surface area contributed by atoms with Crippen molar-refractivity contribution in [1.29, 1.82) is 0 Å². The number of aliphatic imine (C=N–C) groups is 1. The van der Waals surface area contributed by atoms with Gasteiger partial charge in [-0.3, -0.25) is 19.6 Å². The molecule has 1 aromatic rings. The van der Waals surface area contributed by atoms with Gasteiger partial charge in [-0.15, -0.1) is 24.0 Å². The predicted molar refractivity (Wildman–Crippen MR) is 125 cm³/mol. The first-order valence-corrected chi connectivity index (χ1v) is 9.99. The van der Waals surface area contributed by atoms with Gasteiger partial charge in [0.2, 0.25) is 0 Å². The topological polar surface area (TPSA) is 72.0 Å². The second kappa shape index (κ2) is 11.6. The molecule has 4 rings (SSSR count). The van der Waals surface area contributed by atoms with Crippen LogP contribution in [-0.4, -0.2) is 87.1 Å². The van der Waals surface area contributed by atoms with Gasteiger partial charge in [-0.25, -0.2) is 0 Å². The van der Waals surface area contributed by atoms with Crippen molar-refractivity contribution in [2.24, 2.45) is 4.99 Å².